The van der Waals surface area contributed by atoms with Crippen molar-refractivity contribution >= 4 is 23.5 Å². The molecule has 0 unspecified atom stereocenters. The van der Waals surface area contributed by atoms with Gasteiger partial charge in [0.2, 0.25) is 0 Å². The predicted octanol–water partition coefficient (Wildman–Crippen LogP) is 3.50. The number of nitrogens with one attached hydrogen (secondary N) is 1. The molecule has 1 aromatic carbocycles. The van der Waals surface area contributed by atoms with Gasteiger partial charge in [-0.25, -0.2) is 0 Å². The summed E-state index contributed by atoms with van der Waals surface area (Å²) in [6, 6.07) is 7.97. The van der Waals surface area contributed by atoms with E-state index in [1.165, 1.54) is 23.3 Å². The van der Waals surface area contributed by atoms with Crippen LogP contribution in [0.4, 0.5) is 24.9 Å². The van der Waals surface area contributed by atoms with Crippen LogP contribution in [0.1, 0.15) is 26.6 Å². The number of amides is 2. The molecular formula is C20H17F3N4O4. The highest BCUT2D eigenvalue weighted by molar-refractivity contribution is 6.01. The van der Waals surface area contributed by atoms with Gasteiger partial charge in [0.05, 0.1) is 11.8 Å². The number of carbonyl (C=O) groups is 2. The first-order chi connectivity index (χ1) is 14.8. The van der Waals surface area contributed by atoms with Crippen molar-refractivity contribution in [3.05, 3.63) is 65.9 Å². The first kappa shape index (κ1) is 20.5. The van der Waals surface area contributed by atoms with Crippen LogP contribution in [0, 0.1) is 0 Å². The lowest BCUT2D eigenvalue weighted by Crippen LogP contribution is -2.49. The number of benzene rings is 1. The van der Waals surface area contributed by atoms with Crippen LogP contribution in [0.3, 0.4) is 0 Å². The minimum absolute atomic E-state index is 0.0160. The minimum Gasteiger partial charge on any atom is -0.459 e. The molecule has 0 saturated carbocycles. The molecule has 0 aliphatic carbocycles. The molecule has 1 saturated heterocycles. The van der Waals surface area contributed by atoms with Gasteiger partial charge in [-0.1, -0.05) is 6.07 Å². The molecule has 11 heteroatoms. The Kier molecular flexibility index (Phi) is 5.40. The maximum Gasteiger partial charge on any atom is 0.416 e. The van der Waals surface area contributed by atoms with Gasteiger partial charge in [0.15, 0.2) is 11.5 Å². The van der Waals surface area contributed by atoms with Crippen molar-refractivity contribution in [2.45, 2.75) is 6.18 Å². The van der Waals surface area contributed by atoms with E-state index < -0.39 is 23.6 Å². The molecule has 2 amide bonds. The molecule has 4 rings (SSSR count). The van der Waals surface area contributed by atoms with Crippen molar-refractivity contribution in [3.8, 4) is 0 Å². The minimum atomic E-state index is -4.41. The summed E-state index contributed by atoms with van der Waals surface area (Å²) in [5.74, 6) is -0.900. The fraction of sp³-hybridized carbons (Fsp3) is 0.250. The average Bonchev–Trinajstić information content (AvgIpc) is 3.45. The predicted molar refractivity (Wildman–Crippen MR) is 103 cm³/mol. The lowest BCUT2D eigenvalue weighted by molar-refractivity contribution is -0.137. The summed E-state index contributed by atoms with van der Waals surface area (Å²) in [5.41, 5.74) is -0.247. The largest absolute Gasteiger partial charge is 0.459 e. The van der Waals surface area contributed by atoms with Crippen LogP contribution in [0.15, 0.2) is 57.8 Å². The fourth-order valence-corrected chi connectivity index (χ4v) is 3.20. The summed E-state index contributed by atoms with van der Waals surface area (Å²) in [7, 11) is 0. The molecule has 0 bridgehead atoms. The third-order valence-corrected chi connectivity index (χ3v) is 4.79. The maximum absolute atomic E-state index is 12.9. The Labute approximate surface area is 174 Å². The van der Waals surface area contributed by atoms with Crippen LogP contribution in [0.2, 0.25) is 0 Å². The molecule has 3 aromatic rings. The number of furan rings is 1. The van der Waals surface area contributed by atoms with Crippen molar-refractivity contribution < 1.29 is 31.6 Å². The van der Waals surface area contributed by atoms with Gasteiger partial charge in [-0.05, 0) is 30.3 Å². The Bertz CT molecular complexity index is 1070. The molecule has 162 valence electrons. The average molecular weight is 434 g/mol. The van der Waals surface area contributed by atoms with E-state index >= 15 is 0 Å². The van der Waals surface area contributed by atoms with Crippen LogP contribution in [-0.2, 0) is 6.18 Å². The summed E-state index contributed by atoms with van der Waals surface area (Å²) >= 11 is 0. The number of anilines is 2. The quantitative estimate of drug-likeness (QED) is 0.676. The molecule has 31 heavy (non-hydrogen) atoms. The maximum atomic E-state index is 12.9. The summed E-state index contributed by atoms with van der Waals surface area (Å²) in [5, 5.41) is 2.39. The molecule has 3 heterocycles. The van der Waals surface area contributed by atoms with Crippen LogP contribution >= 0.6 is 0 Å². The second kappa shape index (κ2) is 8.17. The van der Waals surface area contributed by atoms with Crippen LogP contribution in [0.25, 0.3) is 0 Å². The molecule has 1 N–H and O–H groups in total. The molecule has 1 aliphatic rings. The van der Waals surface area contributed by atoms with Crippen molar-refractivity contribution in [1.29, 1.82) is 0 Å². The van der Waals surface area contributed by atoms with Crippen LogP contribution in [0.5, 0.6) is 0 Å². The number of halogens is 3. The third kappa shape index (κ3) is 4.55. The molecular weight excluding hydrogens is 417 g/mol. The number of rotatable bonds is 4. The van der Waals surface area contributed by atoms with Gasteiger partial charge in [-0.3, -0.25) is 14.9 Å². The first-order valence-electron chi connectivity index (χ1n) is 9.33. The number of carbonyl (C=O) groups excluding carboxylic acids is 2. The van der Waals surface area contributed by atoms with Crippen LogP contribution in [-0.4, -0.2) is 47.9 Å². The zero-order chi connectivity index (χ0) is 22.0. The third-order valence-electron chi connectivity index (χ3n) is 4.79. The number of aromatic nitrogens is 1. The molecule has 2 aromatic heterocycles. The Hall–Kier alpha value is -3.76. The zero-order valence-corrected chi connectivity index (χ0v) is 16.1. The van der Waals surface area contributed by atoms with E-state index in [1.54, 1.807) is 17.0 Å². The van der Waals surface area contributed by atoms with E-state index in [1.807, 2.05) is 0 Å². The molecule has 1 aliphatic heterocycles. The topological polar surface area (TPSA) is 91.8 Å². The SMILES string of the molecule is O=C(Nc1nc(C(=O)N2CCN(c3cccc(C(F)(F)F)c3)CC2)co1)c1ccco1. The highest BCUT2D eigenvalue weighted by atomic mass is 19.4. The van der Waals surface area contributed by atoms with Gasteiger partial charge in [0.1, 0.15) is 6.26 Å². The van der Waals surface area contributed by atoms with E-state index in [4.69, 9.17) is 8.83 Å². The van der Waals surface area contributed by atoms with Gasteiger partial charge in [0.25, 0.3) is 11.8 Å². The highest BCUT2D eigenvalue weighted by Gasteiger charge is 2.31. The monoisotopic (exact) mass is 434 g/mol. The molecule has 0 radical (unpaired) electrons. The standard InChI is InChI=1S/C20H17F3N4O4/c21-20(22,23)13-3-1-4-14(11-13)26-6-8-27(9-7-26)18(29)15-12-31-19(24-15)25-17(28)16-5-2-10-30-16/h1-5,10-12H,6-9H2,(H,24,25,28). The normalized spacial score (nSPS) is 14.5. The second-order valence-corrected chi connectivity index (χ2v) is 6.80. The molecule has 0 atom stereocenters. The number of alkyl halides is 3. The van der Waals surface area contributed by atoms with Gasteiger partial charge in [-0.2, -0.15) is 18.2 Å². The zero-order valence-electron chi connectivity index (χ0n) is 16.1. The lowest BCUT2D eigenvalue weighted by atomic mass is 10.1. The van der Waals surface area contributed by atoms with E-state index in [0.717, 1.165) is 18.4 Å². The smallest absolute Gasteiger partial charge is 0.416 e. The Morgan fingerprint density at radius 1 is 1.03 bits per heavy atom. The van der Waals surface area contributed by atoms with Gasteiger partial charge >= 0.3 is 12.2 Å². The Balaban J connectivity index is 1.36. The fourth-order valence-electron chi connectivity index (χ4n) is 3.20. The van der Waals surface area contributed by atoms with Crippen molar-refractivity contribution in [1.82, 2.24) is 9.88 Å². The number of hydrogen-bond donors (Lipinski definition) is 1. The van der Waals surface area contributed by atoms with E-state index in [0.29, 0.717) is 31.9 Å². The van der Waals surface area contributed by atoms with Gasteiger partial charge in [-0.15, -0.1) is 0 Å². The first-order valence-corrected chi connectivity index (χ1v) is 9.33. The Morgan fingerprint density at radius 3 is 2.48 bits per heavy atom. The lowest BCUT2D eigenvalue weighted by Gasteiger charge is -2.36. The second-order valence-electron chi connectivity index (χ2n) is 6.80. The van der Waals surface area contributed by atoms with Crippen molar-refractivity contribution in [3.63, 3.8) is 0 Å². The van der Waals surface area contributed by atoms with Gasteiger partial charge < -0.3 is 18.6 Å². The van der Waals surface area contributed by atoms with Crippen molar-refractivity contribution in [2.75, 3.05) is 36.4 Å². The summed E-state index contributed by atoms with van der Waals surface area (Å²) in [4.78, 5) is 31.9. The van der Waals surface area contributed by atoms with Crippen LogP contribution < -0.4 is 10.2 Å². The molecule has 1 fully saturated rings. The number of nitrogens with zero attached hydrogens (tertiary/aromatic N) is 3. The summed E-state index contributed by atoms with van der Waals surface area (Å²) in [6.07, 6.45) is -1.93. The highest BCUT2D eigenvalue weighted by Crippen LogP contribution is 2.32. The van der Waals surface area contributed by atoms with E-state index in [9.17, 15) is 22.8 Å². The molecule has 0 spiro atoms. The number of oxazole rings is 1. The van der Waals surface area contributed by atoms with E-state index in [2.05, 4.69) is 10.3 Å². The summed E-state index contributed by atoms with van der Waals surface area (Å²) < 4.78 is 48.9. The summed E-state index contributed by atoms with van der Waals surface area (Å²) in [6.45, 7) is 1.34. The Morgan fingerprint density at radius 2 is 1.81 bits per heavy atom. The van der Waals surface area contributed by atoms with E-state index in [-0.39, 0.29) is 17.5 Å². The number of piperazine rings is 1. The number of hydrogen-bond acceptors (Lipinski definition) is 6. The van der Waals surface area contributed by atoms with Crippen molar-refractivity contribution in [2.24, 2.45) is 0 Å². The van der Waals surface area contributed by atoms with Gasteiger partial charge in [0, 0.05) is 31.9 Å². The molecule has 8 nitrogen and oxygen atoms in total.